The number of nitrogens with zero attached hydrogens (tertiary/aromatic N) is 1. The largest absolute Gasteiger partial charge is 0.465 e. The van der Waals surface area contributed by atoms with Crippen molar-refractivity contribution in [1.82, 2.24) is 4.98 Å². The second-order valence-corrected chi connectivity index (χ2v) is 8.84. The van der Waals surface area contributed by atoms with Gasteiger partial charge in [0.2, 0.25) is 16.8 Å². The third kappa shape index (κ3) is 4.42. The van der Waals surface area contributed by atoms with Crippen molar-refractivity contribution in [3.8, 4) is 0 Å². The monoisotopic (exact) mass is 465 g/mol. The number of fused-ring (bicyclic) bond motifs is 1. The first-order chi connectivity index (χ1) is 14.9. The summed E-state index contributed by atoms with van der Waals surface area (Å²) in [6.07, 6.45) is 1.32. The molecule has 3 aromatic rings. The Hall–Kier alpha value is -3.47. The molecule has 0 aliphatic heterocycles. The van der Waals surface area contributed by atoms with Gasteiger partial charge in [-0.15, -0.1) is 0 Å². The minimum Gasteiger partial charge on any atom is -0.465 e. The summed E-state index contributed by atoms with van der Waals surface area (Å²) in [6.45, 7) is 5.28. The van der Waals surface area contributed by atoms with Gasteiger partial charge in [-0.25, -0.2) is 26.3 Å². The number of hydrogen-bond acceptors (Lipinski definition) is 5. The lowest BCUT2D eigenvalue weighted by Crippen LogP contribution is -2.27. The van der Waals surface area contributed by atoms with Crippen LogP contribution in [-0.2, 0) is 20.4 Å². The zero-order chi connectivity index (χ0) is 23.8. The smallest absolute Gasteiger partial charge is 0.340 e. The molecule has 0 spiro atoms. The lowest BCUT2D eigenvalue weighted by atomic mass is 9.95. The van der Waals surface area contributed by atoms with Gasteiger partial charge in [-0.1, -0.05) is 20.8 Å². The molecular weight excluding hydrogens is 444 g/mol. The molecule has 1 heterocycles. The number of anilines is 3. The molecule has 1 aromatic heterocycles. The molecule has 11 heteroatoms. The lowest BCUT2D eigenvalue weighted by Gasteiger charge is -2.19. The summed E-state index contributed by atoms with van der Waals surface area (Å²) in [5.74, 6) is -3.57. The predicted octanol–water partition coefficient (Wildman–Crippen LogP) is 3.88. The molecule has 0 fully saturated rings. The fraction of sp³-hybridized carbons (Fsp3) is 0.238. The highest BCUT2D eigenvalue weighted by molar-refractivity contribution is 7.74. The summed E-state index contributed by atoms with van der Waals surface area (Å²) in [6, 6.07) is 5.90. The first-order valence-electron chi connectivity index (χ1n) is 9.38. The van der Waals surface area contributed by atoms with Crippen LogP contribution in [0.5, 0.6) is 0 Å². The number of nitrogens with one attached hydrogen (secondary N) is 2. The van der Waals surface area contributed by atoms with Crippen molar-refractivity contribution in [2.45, 2.75) is 20.8 Å². The average Bonchev–Trinajstić information content (AvgIpc) is 3.11. The summed E-state index contributed by atoms with van der Waals surface area (Å²) >= 11 is 0. The van der Waals surface area contributed by atoms with Crippen LogP contribution in [0.15, 0.2) is 36.5 Å². The van der Waals surface area contributed by atoms with Crippen LogP contribution in [0.3, 0.4) is 0 Å². The number of methoxy groups -OCH3 is 1. The molecular formula is C21H21F2N3O5S. The van der Waals surface area contributed by atoms with E-state index in [2.05, 4.69) is 15.0 Å². The third-order valence-electron chi connectivity index (χ3n) is 4.66. The second kappa shape index (κ2) is 8.58. The SMILES string of the molecule is COC(=O)c1cc(F)c(N(c2c[nH]c3cc(NC(=O)C(C)(C)C)ccc23)[SH](=O)=O)cc1F. The van der Waals surface area contributed by atoms with Crippen molar-refractivity contribution in [1.29, 1.82) is 0 Å². The van der Waals surface area contributed by atoms with Gasteiger partial charge in [-0.05, 0) is 24.3 Å². The van der Waals surface area contributed by atoms with Gasteiger partial charge in [0.05, 0.1) is 24.0 Å². The van der Waals surface area contributed by atoms with E-state index in [4.69, 9.17) is 0 Å². The van der Waals surface area contributed by atoms with Crippen molar-refractivity contribution in [2.75, 3.05) is 16.7 Å². The maximum Gasteiger partial charge on any atom is 0.340 e. The maximum atomic E-state index is 14.7. The van der Waals surface area contributed by atoms with E-state index >= 15 is 0 Å². The highest BCUT2D eigenvalue weighted by Gasteiger charge is 2.25. The van der Waals surface area contributed by atoms with Crippen LogP contribution in [0.1, 0.15) is 31.1 Å². The molecule has 0 saturated heterocycles. The van der Waals surface area contributed by atoms with E-state index in [1.165, 1.54) is 6.20 Å². The van der Waals surface area contributed by atoms with E-state index in [-0.39, 0.29) is 11.6 Å². The van der Waals surface area contributed by atoms with E-state index in [0.717, 1.165) is 7.11 Å². The van der Waals surface area contributed by atoms with Crippen molar-refractivity contribution in [3.63, 3.8) is 0 Å². The quantitative estimate of drug-likeness (QED) is 0.391. The number of H-pyrrole nitrogens is 1. The fourth-order valence-electron chi connectivity index (χ4n) is 2.95. The average molecular weight is 465 g/mol. The Balaban J connectivity index is 2.06. The number of carbonyl (C=O) groups excluding carboxylic acids is 2. The van der Waals surface area contributed by atoms with Gasteiger partial charge < -0.3 is 15.0 Å². The highest BCUT2D eigenvalue weighted by atomic mass is 32.2. The summed E-state index contributed by atoms with van der Waals surface area (Å²) < 4.78 is 58.1. The maximum absolute atomic E-state index is 14.7. The van der Waals surface area contributed by atoms with Crippen LogP contribution in [0.25, 0.3) is 10.9 Å². The number of thiol groups is 1. The molecule has 2 aromatic carbocycles. The van der Waals surface area contributed by atoms with Crippen molar-refractivity contribution in [3.05, 3.63) is 53.7 Å². The molecule has 0 radical (unpaired) electrons. The summed E-state index contributed by atoms with van der Waals surface area (Å²) in [7, 11) is -2.42. The zero-order valence-electron chi connectivity index (χ0n) is 17.7. The molecule has 0 atom stereocenters. The van der Waals surface area contributed by atoms with E-state index in [0.29, 0.717) is 33.0 Å². The van der Waals surface area contributed by atoms with Gasteiger partial charge in [0.1, 0.15) is 11.6 Å². The van der Waals surface area contributed by atoms with Gasteiger partial charge in [0.25, 0.3) is 0 Å². The van der Waals surface area contributed by atoms with E-state index in [1.54, 1.807) is 39.0 Å². The van der Waals surface area contributed by atoms with Crippen LogP contribution in [0.2, 0.25) is 0 Å². The number of ether oxygens (including phenoxy) is 1. The number of benzene rings is 2. The number of carbonyl (C=O) groups is 2. The second-order valence-electron chi connectivity index (χ2n) is 7.96. The molecule has 0 saturated carbocycles. The Bertz CT molecular complexity index is 1290. The Morgan fingerprint density at radius 1 is 1.06 bits per heavy atom. The van der Waals surface area contributed by atoms with Crippen molar-refractivity contribution >= 4 is 50.7 Å². The first kappa shape index (κ1) is 23.2. The highest BCUT2D eigenvalue weighted by Crippen LogP contribution is 2.36. The van der Waals surface area contributed by atoms with Crippen LogP contribution in [-0.4, -0.2) is 32.4 Å². The normalized spacial score (nSPS) is 11.6. The topological polar surface area (TPSA) is 109 Å². The minimum absolute atomic E-state index is 0.0360. The Morgan fingerprint density at radius 3 is 2.34 bits per heavy atom. The van der Waals surface area contributed by atoms with Gasteiger partial charge >= 0.3 is 5.97 Å². The van der Waals surface area contributed by atoms with Crippen LogP contribution in [0.4, 0.5) is 25.8 Å². The van der Waals surface area contributed by atoms with Gasteiger partial charge in [0.15, 0.2) is 0 Å². The van der Waals surface area contributed by atoms with Gasteiger partial charge in [0, 0.05) is 34.3 Å². The Labute approximate surface area is 184 Å². The number of halogens is 2. The number of aromatic nitrogens is 1. The summed E-state index contributed by atoms with van der Waals surface area (Å²) in [5.41, 5.74) is -0.908. The van der Waals surface area contributed by atoms with E-state index in [1.807, 2.05) is 0 Å². The number of esters is 1. The first-order valence-corrected chi connectivity index (χ1v) is 10.5. The Morgan fingerprint density at radius 2 is 1.75 bits per heavy atom. The van der Waals surface area contributed by atoms with Crippen LogP contribution >= 0.6 is 0 Å². The molecule has 0 unspecified atom stereocenters. The summed E-state index contributed by atoms with van der Waals surface area (Å²) in [5, 5.41) is 3.14. The standard InChI is InChI=1S/C21H21F2N3O5S/c1-21(2,3)20(28)25-11-5-6-12-16(7-11)24-10-18(12)26(32(29)30)17-9-14(22)13(8-15(17)23)19(27)31-4/h5-10,24,32H,1-4H3,(H,25,28). The number of hydrogen-bond donors (Lipinski definition) is 3. The molecule has 32 heavy (non-hydrogen) atoms. The van der Waals surface area contributed by atoms with Crippen molar-refractivity contribution < 1.29 is 31.5 Å². The number of amides is 1. The Kier molecular flexibility index (Phi) is 6.22. The molecule has 0 bridgehead atoms. The van der Waals surface area contributed by atoms with Gasteiger partial charge in [-0.3, -0.25) is 4.79 Å². The molecule has 2 N–H and O–H groups in total. The van der Waals surface area contributed by atoms with Crippen molar-refractivity contribution in [2.24, 2.45) is 5.41 Å². The molecule has 8 nitrogen and oxygen atoms in total. The summed E-state index contributed by atoms with van der Waals surface area (Å²) in [4.78, 5) is 26.7. The molecule has 1 amide bonds. The third-order valence-corrected chi connectivity index (χ3v) is 5.42. The fourth-order valence-corrected chi connectivity index (χ4v) is 3.62. The molecule has 0 aliphatic carbocycles. The van der Waals surface area contributed by atoms with Crippen LogP contribution < -0.4 is 9.62 Å². The number of aromatic amines is 1. The van der Waals surface area contributed by atoms with E-state index < -0.39 is 45.2 Å². The van der Waals surface area contributed by atoms with Gasteiger partial charge in [-0.2, -0.15) is 0 Å². The molecule has 0 aliphatic rings. The molecule has 3 rings (SSSR count). The zero-order valence-corrected chi connectivity index (χ0v) is 18.6. The minimum atomic E-state index is -3.44. The predicted molar refractivity (Wildman–Crippen MR) is 117 cm³/mol. The van der Waals surface area contributed by atoms with E-state index in [9.17, 15) is 26.8 Å². The lowest BCUT2D eigenvalue weighted by molar-refractivity contribution is -0.123. The number of rotatable bonds is 5. The van der Waals surface area contributed by atoms with Crippen LogP contribution in [0, 0.1) is 17.0 Å². The molecule has 170 valence electrons.